The molecular weight excluding hydrogens is 302 g/mol. The van der Waals surface area contributed by atoms with Crippen LogP contribution in [-0.4, -0.2) is 42.9 Å². The summed E-state index contributed by atoms with van der Waals surface area (Å²) in [6, 6.07) is 17.3. The van der Waals surface area contributed by atoms with Crippen LogP contribution in [0.1, 0.15) is 25.5 Å². The fourth-order valence-corrected chi connectivity index (χ4v) is 2.49. The van der Waals surface area contributed by atoms with E-state index in [0.717, 1.165) is 30.9 Å². The van der Waals surface area contributed by atoms with E-state index in [2.05, 4.69) is 18.7 Å². The van der Waals surface area contributed by atoms with Crippen molar-refractivity contribution in [1.29, 1.82) is 0 Å². The zero-order valence-electron chi connectivity index (χ0n) is 14.5. The predicted molar refractivity (Wildman–Crippen MR) is 96.6 cm³/mol. The van der Waals surface area contributed by atoms with Gasteiger partial charge in [-0.15, -0.1) is 0 Å². The number of aliphatic hydroxyl groups excluding tert-OH is 1. The van der Waals surface area contributed by atoms with Crippen LogP contribution in [-0.2, 0) is 0 Å². The zero-order chi connectivity index (χ0) is 17.2. The molecule has 0 fully saturated rings. The van der Waals surface area contributed by atoms with Crippen LogP contribution in [0, 0.1) is 0 Å². The van der Waals surface area contributed by atoms with Gasteiger partial charge in [0.2, 0.25) is 0 Å². The molecule has 1 N–H and O–H groups in total. The van der Waals surface area contributed by atoms with Gasteiger partial charge in [0.05, 0.1) is 6.61 Å². The summed E-state index contributed by atoms with van der Waals surface area (Å²) < 4.78 is 11.6. The minimum Gasteiger partial charge on any atom is -0.492 e. The first-order valence-corrected chi connectivity index (χ1v) is 8.54. The van der Waals surface area contributed by atoms with Crippen LogP contribution in [0.4, 0.5) is 0 Å². The van der Waals surface area contributed by atoms with Crippen LogP contribution >= 0.6 is 0 Å². The summed E-state index contributed by atoms with van der Waals surface area (Å²) in [5.41, 5.74) is 0.958. The zero-order valence-corrected chi connectivity index (χ0v) is 14.5. The SMILES string of the molecule is CCN(CC)CCOc1ccc(OC(CO)c2ccccc2)cc1. The maximum absolute atomic E-state index is 9.56. The second-order valence-corrected chi connectivity index (χ2v) is 5.55. The third-order valence-electron chi connectivity index (χ3n) is 4.01. The average molecular weight is 329 g/mol. The molecule has 1 atom stereocenters. The van der Waals surface area contributed by atoms with Crippen LogP contribution < -0.4 is 9.47 Å². The quantitative estimate of drug-likeness (QED) is 0.724. The van der Waals surface area contributed by atoms with Crippen molar-refractivity contribution < 1.29 is 14.6 Å². The summed E-state index contributed by atoms with van der Waals surface area (Å²) in [6.45, 7) is 7.91. The maximum Gasteiger partial charge on any atom is 0.147 e. The molecule has 24 heavy (non-hydrogen) atoms. The van der Waals surface area contributed by atoms with E-state index in [1.165, 1.54) is 0 Å². The largest absolute Gasteiger partial charge is 0.492 e. The highest BCUT2D eigenvalue weighted by Gasteiger charge is 2.11. The highest BCUT2D eigenvalue weighted by molar-refractivity contribution is 5.32. The number of likely N-dealkylation sites (N-methyl/N-ethyl adjacent to an activating group) is 1. The Hall–Kier alpha value is -2.04. The van der Waals surface area contributed by atoms with Crippen molar-refractivity contribution in [2.75, 3.05) is 32.8 Å². The van der Waals surface area contributed by atoms with Gasteiger partial charge in [0.15, 0.2) is 0 Å². The summed E-state index contributed by atoms with van der Waals surface area (Å²) >= 11 is 0. The molecule has 2 aromatic rings. The van der Waals surface area contributed by atoms with Crippen LogP contribution in [0.2, 0.25) is 0 Å². The topological polar surface area (TPSA) is 41.9 Å². The number of rotatable bonds is 10. The summed E-state index contributed by atoms with van der Waals surface area (Å²) in [6.07, 6.45) is -0.361. The Bertz CT molecular complexity index is 567. The highest BCUT2D eigenvalue weighted by Crippen LogP contribution is 2.24. The molecular formula is C20H27NO3. The third-order valence-corrected chi connectivity index (χ3v) is 4.01. The highest BCUT2D eigenvalue weighted by atomic mass is 16.5. The monoisotopic (exact) mass is 329 g/mol. The number of aliphatic hydroxyl groups is 1. The smallest absolute Gasteiger partial charge is 0.147 e. The molecule has 2 rings (SSSR count). The van der Waals surface area contributed by atoms with Gasteiger partial charge in [-0.3, -0.25) is 0 Å². The molecule has 4 nitrogen and oxygen atoms in total. The van der Waals surface area contributed by atoms with E-state index in [0.29, 0.717) is 12.4 Å². The van der Waals surface area contributed by atoms with E-state index in [9.17, 15) is 5.11 Å². The average Bonchev–Trinajstić information content (AvgIpc) is 2.65. The van der Waals surface area contributed by atoms with Crippen molar-refractivity contribution in [3.63, 3.8) is 0 Å². The van der Waals surface area contributed by atoms with Crippen molar-refractivity contribution in [3.8, 4) is 11.5 Å². The van der Waals surface area contributed by atoms with Crippen LogP contribution in [0.5, 0.6) is 11.5 Å². The number of hydrogen-bond donors (Lipinski definition) is 1. The molecule has 4 heteroatoms. The van der Waals surface area contributed by atoms with Crippen LogP contribution in [0.3, 0.4) is 0 Å². The van der Waals surface area contributed by atoms with Crippen molar-refractivity contribution in [3.05, 3.63) is 60.2 Å². The lowest BCUT2D eigenvalue weighted by Gasteiger charge is -2.19. The Labute approximate surface area is 144 Å². The molecule has 0 aliphatic rings. The van der Waals surface area contributed by atoms with Crippen LogP contribution in [0.25, 0.3) is 0 Å². The van der Waals surface area contributed by atoms with Crippen LogP contribution in [0.15, 0.2) is 54.6 Å². The molecule has 0 radical (unpaired) electrons. The van der Waals surface area contributed by atoms with E-state index in [1.54, 1.807) is 0 Å². The molecule has 1 unspecified atom stereocenters. The van der Waals surface area contributed by atoms with Crippen molar-refractivity contribution in [1.82, 2.24) is 4.90 Å². The molecule has 0 aliphatic heterocycles. The van der Waals surface area contributed by atoms with E-state index >= 15 is 0 Å². The first-order chi connectivity index (χ1) is 11.8. The fraction of sp³-hybridized carbons (Fsp3) is 0.400. The minimum atomic E-state index is -0.361. The standard InChI is InChI=1S/C20H27NO3/c1-3-21(4-2)14-15-23-18-10-12-19(13-11-18)24-20(16-22)17-8-6-5-7-9-17/h5-13,20,22H,3-4,14-16H2,1-2H3. The molecule has 0 aliphatic carbocycles. The Morgan fingerprint density at radius 2 is 1.54 bits per heavy atom. The van der Waals surface area contributed by atoms with Gasteiger partial charge in [-0.2, -0.15) is 0 Å². The van der Waals surface area contributed by atoms with Gasteiger partial charge in [-0.1, -0.05) is 44.2 Å². The predicted octanol–water partition coefficient (Wildman–Crippen LogP) is 3.52. The Kier molecular flexibility index (Phi) is 7.59. The normalized spacial score (nSPS) is 12.2. The molecule has 0 saturated carbocycles. The van der Waals surface area contributed by atoms with Gasteiger partial charge in [-0.25, -0.2) is 0 Å². The molecule has 0 heterocycles. The van der Waals surface area contributed by atoms with E-state index < -0.39 is 0 Å². The first-order valence-electron chi connectivity index (χ1n) is 8.54. The van der Waals surface area contributed by atoms with Crippen molar-refractivity contribution in [2.24, 2.45) is 0 Å². The summed E-state index contributed by atoms with van der Waals surface area (Å²) in [4.78, 5) is 2.32. The van der Waals surface area contributed by atoms with Gasteiger partial charge in [0.25, 0.3) is 0 Å². The number of benzene rings is 2. The third kappa shape index (κ3) is 5.55. The number of hydrogen-bond acceptors (Lipinski definition) is 4. The molecule has 0 saturated heterocycles. The first kappa shape index (κ1) is 18.3. The summed E-state index contributed by atoms with van der Waals surface area (Å²) in [7, 11) is 0. The summed E-state index contributed by atoms with van der Waals surface area (Å²) in [5, 5.41) is 9.56. The molecule has 0 spiro atoms. The molecule has 2 aromatic carbocycles. The fourth-order valence-electron chi connectivity index (χ4n) is 2.49. The Balaban J connectivity index is 1.87. The summed E-state index contributed by atoms with van der Waals surface area (Å²) in [5.74, 6) is 1.55. The van der Waals surface area contributed by atoms with Gasteiger partial charge < -0.3 is 19.5 Å². The van der Waals surface area contributed by atoms with Crippen molar-refractivity contribution in [2.45, 2.75) is 20.0 Å². The lowest BCUT2D eigenvalue weighted by molar-refractivity contribution is 0.116. The molecule has 0 aromatic heterocycles. The second-order valence-electron chi connectivity index (χ2n) is 5.55. The maximum atomic E-state index is 9.56. The van der Waals surface area contributed by atoms with E-state index in [4.69, 9.17) is 9.47 Å². The van der Waals surface area contributed by atoms with Crippen molar-refractivity contribution >= 4 is 0 Å². The minimum absolute atomic E-state index is 0.0634. The molecule has 130 valence electrons. The molecule has 0 amide bonds. The van der Waals surface area contributed by atoms with Gasteiger partial charge in [0.1, 0.15) is 24.2 Å². The number of nitrogens with zero attached hydrogens (tertiary/aromatic N) is 1. The van der Waals surface area contributed by atoms with Gasteiger partial charge >= 0.3 is 0 Å². The van der Waals surface area contributed by atoms with Gasteiger partial charge in [0, 0.05) is 6.54 Å². The van der Waals surface area contributed by atoms with E-state index in [-0.39, 0.29) is 12.7 Å². The number of ether oxygens (including phenoxy) is 2. The lowest BCUT2D eigenvalue weighted by atomic mass is 10.1. The Morgan fingerprint density at radius 1 is 0.917 bits per heavy atom. The molecule has 0 bridgehead atoms. The Morgan fingerprint density at radius 3 is 2.12 bits per heavy atom. The van der Waals surface area contributed by atoms with E-state index in [1.807, 2.05) is 54.6 Å². The van der Waals surface area contributed by atoms with Gasteiger partial charge in [-0.05, 0) is 42.9 Å². The second kappa shape index (κ2) is 9.96. The lowest BCUT2D eigenvalue weighted by Crippen LogP contribution is -2.27.